The summed E-state index contributed by atoms with van der Waals surface area (Å²) in [6.45, 7) is 9.16. The molecule has 0 radical (unpaired) electrons. The maximum absolute atomic E-state index is 7.05. The number of nitrogens with zero attached hydrogens (tertiary/aromatic N) is 1. The fourth-order valence-electron chi connectivity index (χ4n) is 3.34. The minimum absolute atomic E-state index is 0.675. The van der Waals surface area contributed by atoms with E-state index >= 15 is 0 Å². The van der Waals surface area contributed by atoms with E-state index in [1.54, 1.807) is 0 Å². The highest BCUT2D eigenvalue weighted by Gasteiger charge is 2.02. The summed E-state index contributed by atoms with van der Waals surface area (Å²) >= 11 is 0. The summed E-state index contributed by atoms with van der Waals surface area (Å²) in [5.41, 5.74) is 9.39. The Kier molecular flexibility index (Phi) is 5.04. The molecule has 0 aromatic heterocycles. The Morgan fingerprint density at radius 2 is 0.893 bits per heavy atom. The summed E-state index contributed by atoms with van der Waals surface area (Å²) < 4.78 is 0. The van der Waals surface area contributed by atoms with Gasteiger partial charge in [0.25, 0.3) is 0 Å². The molecule has 28 heavy (non-hydrogen) atoms. The van der Waals surface area contributed by atoms with Gasteiger partial charge < -0.3 is 0 Å². The van der Waals surface area contributed by atoms with E-state index in [9.17, 15) is 0 Å². The van der Waals surface area contributed by atoms with Crippen molar-refractivity contribution in [2.45, 2.75) is 13.3 Å². The van der Waals surface area contributed by atoms with Crippen molar-refractivity contribution in [3.05, 3.63) is 125 Å². The van der Waals surface area contributed by atoms with Crippen LogP contribution < -0.4 is 0 Å². The molecule has 0 N–H and O–H groups in total. The van der Waals surface area contributed by atoms with E-state index < -0.39 is 0 Å². The van der Waals surface area contributed by atoms with Crippen LogP contribution in [0.4, 0.5) is 5.69 Å². The maximum Gasteiger partial charge on any atom is 0.187 e. The third kappa shape index (κ3) is 4.03. The Bertz CT molecular complexity index is 1100. The average Bonchev–Trinajstić information content (AvgIpc) is 2.76. The zero-order valence-electron chi connectivity index (χ0n) is 15.9. The van der Waals surface area contributed by atoms with E-state index in [4.69, 9.17) is 6.57 Å². The average molecular weight is 359 g/mol. The first kappa shape index (κ1) is 17.8. The second kappa shape index (κ2) is 7.94. The van der Waals surface area contributed by atoms with Gasteiger partial charge in [-0.1, -0.05) is 103 Å². The summed E-state index contributed by atoms with van der Waals surface area (Å²) in [7, 11) is 0. The lowest BCUT2D eigenvalue weighted by Gasteiger charge is -2.07. The fraction of sp³-hybridized carbons (Fsp3) is 0.0741. The summed E-state index contributed by atoms with van der Waals surface area (Å²) in [5.74, 6) is 0. The van der Waals surface area contributed by atoms with Crippen LogP contribution in [0.1, 0.15) is 16.7 Å². The van der Waals surface area contributed by atoms with Crippen LogP contribution in [0.2, 0.25) is 0 Å². The van der Waals surface area contributed by atoms with E-state index in [1.165, 1.54) is 33.4 Å². The van der Waals surface area contributed by atoms with Gasteiger partial charge in [0.05, 0.1) is 6.57 Å². The highest BCUT2D eigenvalue weighted by atomic mass is 14.6. The predicted molar refractivity (Wildman–Crippen MR) is 118 cm³/mol. The minimum Gasteiger partial charge on any atom is -0.238 e. The van der Waals surface area contributed by atoms with Crippen LogP contribution in [-0.4, -0.2) is 0 Å². The topological polar surface area (TPSA) is 4.36 Å². The van der Waals surface area contributed by atoms with Crippen molar-refractivity contribution in [3.63, 3.8) is 0 Å². The summed E-state index contributed by atoms with van der Waals surface area (Å²) in [5, 5.41) is 0. The van der Waals surface area contributed by atoms with Crippen LogP contribution >= 0.6 is 0 Å². The molecule has 1 nitrogen and oxygen atoms in total. The number of aryl methyl sites for hydroxylation is 1. The lowest BCUT2D eigenvalue weighted by Crippen LogP contribution is -1.89. The number of hydrogen-bond donors (Lipinski definition) is 0. The Labute approximate surface area is 166 Å². The monoisotopic (exact) mass is 359 g/mol. The highest BCUT2D eigenvalue weighted by molar-refractivity contribution is 5.67. The molecule has 4 aromatic carbocycles. The Morgan fingerprint density at radius 1 is 0.536 bits per heavy atom. The lowest BCUT2D eigenvalue weighted by molar-refractivity contribution is 1.19. The van der Waals surface area contributed by atoms with Crippen molar-refractivity contribution in [2.75, 3.05) is 0 Å². The minimum atomic E-state index is 0.675. The van der Waals surface area contributed by atoms with E-state index in [-0.39, 0.29) is 0 Å². The maximum atomic E-state index is 7.05. The molecule has 0 aliphatic rings. The van der Waals surface area contributed by atoms with E-state index in [2.05, 4.69) is 84.6 Å². The molecule has 0 aliphatic heterocycles. The second-order valence-electron chi connectivity index (χ2n) is 7.10. The van der Waals surface area contributed by atoms with Crippen molar-refractivity contribution < 1.29 is 0 Å². The van der Waals surface area contributed by atoms with Gasteiger partial charge in [-0.3, -0.25) is 0 Å². The van der Waals surface area contributed by atoms with E-state index in [0.717, 1.165) is 12.0 Å². The first-order valence-electron chi connectivity index (χ1n) is 9.44. The highest BCUT2D eigenvalue weighted by Crippen LogP contribution is 2.25. The molecule has 0 atom stereocenters. The van der Waals surface area contributed by atoms with Gasteiger partial charge in [-0.25, -0.2) is 4.85 Å². The third-order valence-electron chi connectivity index (χ3n) is 5.03. The van der Waals surface area contributed by atoms with E-state index in [1.807, 2.05) is 24.3 Å². The number of rotatable bonds is 4. The van der Waals surface area contributed by atoms with Gasteiger partial charge in [-0.15, -0.1) is 0 Å². The molecular formula is C27H21N. The smallest absolute Gasteiger partial charge is 0.187 e. The molecule has 1 heteroatoms. The quantitative estimate of drug-likeness (QED) is 0.333. The molecule has 134 valence electrons. The SMILES string of the molecule is [C-]#[N+]c1ccc(-c2ccc(Cc3ccc(-c4ccc(C)cc4)cc3)cc2)cc1. The van der Waals surface area contributed by atoms with Gasteiger partial charge in [0.15, 0.2) is 5.69 Å². The van der Waals surface area contributed by atoms with Gasteiger partial charge in [0.2, 0.25) is 0 Å². The molecule has 0 aliphatic carbocycles. The van der Waals surface area contributed by atoms with Crippen LogP contribution in [0.25, 0.3) is 27.1 Å². The van der Waals surface area contributed by atoms with Crippen LogP contribution in [0.5, 0.6) is 0 Å². The summed E-state index contributed by atoms with van der Waals surface area (Å²) in [4.78, 5) is 3.45. The van der Waals surface area contributed by atoms with Gasteiger partial charge in [-0.05, 0) is 46.7 Å². The van der Waals surface area contributed by atoms with Crippen LogP contribution in [0.15, 0.2) is 97.1 Å². The number of hydrogen-bond acceptors (Lipinski definition) is 0. The van der Waals surface area contributed by atoms with Crippen molar-refractivity contribution >= 4 is 5.69 Å². The van der Waals surface area contributed by atoms with Gasteiger partial charge in [0.1, 0.15) is 0 Å². The van der Waals surface area contributed by atoms with Crippen LogP contribution in [0, 0.1) is 13.5 Å². The van der Waals surface area contributed by atoms with Crippen molar-refractivity contribution in [2.24, 2.45) is 0 Å². The van der Waals surface area contributed by atoms with Crippen molar-refractivity contribution in [1.29, 1.82) is 0 Å². The predicted octanol–water partition coefficient (Wildman–Crippen LogP) is 7.47. The molecule has 0 fully saturated rings. The van der Waals surface area contributed by atoms with Crippen LogP contribution in [0.3, 0.4) is 0 Å². The summed E-state index contributed by atoms with van der Waals surface area (Å²) in [6.07, 6.45) is 0.922. The lowest BCUT2D eigenvalue weighted by atomic mass is 9.98. The number of benzene rings is 4. The zero-order chi connectivity index (χ0) is 19.3. The molecule has 0 bridgehead atoms. The first-order valence-corrected chi connectivity index (χ1v) is 9.44. The molecular weight excluding hydrogens is 338 g/mol. The first-order chi connectivity index (χ1) is 13.7. The molecule has 0 saturated carbocycles. The molecule has 0 heterocycles. The second-order valence-corrected chi connectivity index (χ2v) is 7.10. The van der Waals surface area contributed by atoms with Crippen LogP contribution in [-0.2, 0) is 6.42 Å². The van der Waals surface area contributed by atoms with Gasteiger partial charge in [-0.2, -0.15) is 0 Å². The molecule has 0 saturated heterocycles. The van der Waals surface area contributed by atoms with E-state index in [0.29, 0.717) is 5.69 Å². The summed E-state index contributed by atoms with van der Waals surface area (Å²) in [6, 6.07) is 33.9. The Balaban J connectivity index is 1.46. The van der Waals surface area contributed by atoms with Crippen molar-refractivity contribution in [3.8, 4) is 22.3 Å². The van der Waals surface area contributed by atoms with Crippen molar-refractivity contribution in [1.82, 2.24) is 0 Å². The molecule has 4 aromatic rings. The third-order valence-corrected chi connectivity index (χ3v) is 5.03. The molecule has 4 rings (SSSR count). The standard InChI is InChI=1S/C27H21N/c1-20-3-9-23(10-4-20)24-11-5-21(6-12-24)19-22-7-13-25(14-8-22)26-15-17-27(28-2)18-16-26/h3-18H,19H2,1H3. The fourth-order valence-corrected chi connectivity index (χ4v) is 3.34. The van der Waals surface area contributed by atoms with Gasteiger partial charge >= 0.3 is 0 Å². The molecule has 0 spiro atoms. The molecule has 0 unspecified atom stereocenters. The zero-order valence-corrected chi connectivity index (χ0v) is 15.9. The Morgan fingerprint density at radius 3 is 1.29 bits per heavy atom. The normalized spacial score (nSPS) is 10.4. The largest absolute Gasteiger partial charge is 0.238 e. The molecule has 0 amide bonds. The Hall–Kier alpha value is -3.63. The van der Waals surface area contributed by atoms with Gasteiger partial charge in [0, 0.05) is 0 Å².